The highest BCUT2D eigenvalue weighted by Gasteiger charge is 2.51. The summed E-state index contributed by atoms with van der Waals surface area (Å²) >= 11 is 1.47. The molecule has 1 aromatic heterocycles. The van der Waals surface area contributed by atoms with Crippen molar-refractivity contribution in [2.45, 2.75) is 43.6 Å². The van der Waals surface area contributed by atoms with Gasteiger partial charge in [0.1, 0.15) is 5.75 Å². The maximum Gasteiger partial charge on any atom is 0.326 e. The van der Waals surface area contributed by atoms with Gasteiger partial charge in [-0.25, -0.2) is 9.78 Å². The molecule has 0 saturated carbocycles. The molecule has 0 radical (unpaired) electrons. The predicted molar refractivity (Wildman–Crippen MR) is 153 cm³/mol. The van der Waals surface area contributed by atoms with Crippen molar-refractivity contribution < 1.29 is 19.1 Å². The second kappa shape index (κ2) is 11.0. The number of pyridine rings is 1. The van der Waals surface area contributed by atoms with Crippen LogP contribution in [0.25, 0.3) is 0 Å². The molecule has 11 heteroatoms. The number of hydrogen-bond donors (Lipinski definition) is 3. The SMILES string of the molecule is C=CC(=O)N1CCC[C@@H](NC(=O)C2=C3NC(=O)N(c4ccc(Oc5ccc(C)cn5)cc4)C4CCNC(S2)C34)C1. The number of aromatic nitrogens is 1. The summed E-state index contributed by atoms with van der Waals surface area (Å²) in [5.41, 5.74) is 2.51. The number of nitrogens with zero attached hydrogens (tertiary/aromatic N) is 3. The lowest BCUT2D eigenvalue weighted by atomic mass is 9.86. The van der Waals surface area contributed by atoms with E-state index in [1.54, 1.807) is 16.0 Å². The lowest BCUT2D eigenvalue weighted by Gasteiger charge is -2.45. The summed E-state index contributed by atoms with van der Waals surface area (Å²) in [7, 11) is 0. The first-order chi connectivity index (χ1) is 19.4. The number of urea groups is 1. The Balaban J connectivity index is 1.18. The molecule has 4 atom stereocenters. The van der Waals surface area contributed by atoms with Crippen molar-refractivity contribution in [2.24, 2.45) is 5.92 Å². The monoisotopic (exact) mass is 560 g/mol. The number of nitrogens with one attached hydrogen (secondary N) is 3. The summed E-state index contributed by atoms with van der Waals surface area (Å²) in [5.74, 6) is 0.767. The van der Waals surface area contributed by atoms with Gasteiger partial charge in [0.2, 0.25) is 11.8 Å². The number of rotatable bonds is 6. The van der Waals surface area contributed by atoms with E-state index in [-0.39, 0.29) is 41.2 Å². The van der Waals surface area contributed by atoms with Gasteiger partial charge in [-0.15, -0.1) is 0 Å². The van der Waals surface area contributed by atoms with E-state index in [4.69, 9.17) is 4.74 Å². The van der Waals surface area contributed by atoms with Gasteiger partial charge in [-0.3, -0.25) is 14.5 Å². The fourth-order valence-electron chi connectivity index (χ4n) is 5.91. The summed E-state index contributed by atoms with van der Waals surface area (Å²) in [6.07, 6.45) is 5.44. The van der Waals surface area contributed by atoms with Crippen LogP contribution in [0.1, 0.15) is 24.8 Å². The van der Waals surface area contributed by atoms with Crippen molar-refractivity contribution in [3.63, 3.8) is 0 Å². The van der Waals surface area contributed by atoms with Gasteiger partial charge >= 0.3 is 6.03 Å². The van der Waals surface area contributed by atoms with Crippen molar-refractivity contribution in [3.8, 4) is 11.6 Å². The molecule has 3 fully saturated rings. The Morgan fingerprint density at radius 1 is 1.20 bits per heavy atom. The highest BCUT2D eigenvalue weighted by atomic mass is 32.2. The van der Waals surface area contributed by atoms with Crippen LogP contribution in [0.3, 0.4) is 0 Å². The minimum Gasteiger partial charge on any atom is -0.439 e. The molecule has 5 heterocycles. The molecule has 10 nitrogen and oxygen atoms in total. The van der Waals surface area contributed by atoms with E-state index in [2.05, 4.69) is 27.5 Å². The molecule has 3 unspecified atom stereocenters. The molecule has 0 aliphatic carbocycles. The van der Waals surface area contributed by atoms with E-state index in [0.29, 0.717) is 35.3 Å². The summed E-state index contributed by atoms with van der Waals surface area (Å²) in [4.78, 5) is 47.3. The van der Waals surface area contributed by atoms with Gasteiger partial charge in [0.25, 0.3) is 5.91 Å². The van der Waals surface area contributed by atoms with Crippen molar-refractivity contribution in [1.82, 2.24) is 25.8 Å². The van der Waals surface area contributed by atoms with Crippen molar-refractivity contribution >= 4 is 35.3 Å². The van der Waals surface area contributed by atoms with Crippen LogP contribution in [-0.4, -0.2) is 64.8 Å². The second-order valence-electron chi connectivity index (χ2n) is 10.5. The number of thioether (sulfide) groups is 1. The Kier molecular flexibility index (Phi) is 7.24. The van der Waals surface area contributed by atoms with E-state index < -0.39 is 0 Å². The number of likely N-dealkylation sites (tertiary alicyclic amines) is 1. The van der Waals surface area contributed by atoms with Crippen molar-refractivity contribution in [2.75, 3.05) is 24.5 Å². The van der Waals surface area contributed by atoms with E-state index in [9.17, 15) is 14.4 Å². The summed E-state index contributed by atoms with van der Waals surface area (Å²) < 4.78 is 5.86. The van der Waals surface area contributed by atoms with Gasteiger partial charge in [0.15, 0.2) is 0 Å². The maximum absolute atomic E-state index is 13.5. The number of piperidine rings is 2. The summed E-state index contributed by atoms with van der Waals surface area (Å²) in [6, 6.07) is 10.7. The van der Waals surface area contributed by atoms with Crippen molar-refractivity contribution in [1.29, 1.82) is 0 Å². The first-order valence-corrected chi connectivity index (χ1v) is 14.5. The molecule has 4 amide bonds. The van der Waals surface area contributed by atoms with E-state index in [0.717, 1.165) is 37.1 Å². The van der Waals surface area contributed by atoms with Crippen LogP contribution < -0.4 is 25.6 Å². The van der Waals surface area contributed by atoms with Crippen LogP contribution in [0.4, 0.5) is 10.5 Å². The van der Waals surface area contributed by atoms with E-state index in [1.807, 2.05) is 43.3 Å². The summed E-state index contributed by atoms with van der Waals surface area (Å²) in [5, 5.41) is 9.67. The molecule has 208 valence electrons. The van der Waals surface area contributed by atoms with Crippen molar-refractivity contribution in [3.05, 3.63) is 71.4 Å². The van der Waals surface area contributed by atoms with Crippen LogP contribution >= 0.6 is 11.8 Å². The highest BCUT2D eigenvalue weighted by Crippen LogP contribution is 2.48. The van der Waals surface area contributed by atoms with Gasteiger partial charge in [-0.05, 0) is 68.6 Å². The highest BCUT2D eigenvalue weighted by molar-refractivity contribution is 8.04. The molecule has 0 bridgehead atoms. The largest absolute Gasteiger partial charge is 0.439 e. The third kappa shape index (κ3) is 5.06. The fourth-order valence-corrected chi connectivity index (χ4v) is 7.31. The molecule has 4 aliphatic rings. The number of aryl methyl sites for hydroxylation is 1. The Bertz CT molecular complexity index is 1360. The van der Waals surface area contributed by atoms with Gasteiger partial charge in [0, 0.05) is 48.7 Å². The zero-order valence-electron chi connectivity index (χ0n) is 22.3. The zero-order valence-corrected chi connectivity index (χ0v) is 23.1. The number of ether oxygens (including phenoxy) is 1. The molecule has 6 rings (SSSR count). The van der Waals surface area contributed by atoms with Gasteiger partial charge in [-0.1, -0.05) is 24.4 Å². The Morgan fingerprint density at radius 2 is 2.02 bits per heavy atom. The topological polar surface area (TPSA) is 116 Å². The van der Waals surface area contributed by atoms with Crippen LogP contribution in [-0.2, 0) is 9.59 Å². The van der Waals surface area contributed by atoms with E-state index >= 15 is 0 Å². The molecule has 1 aromatic carbocycles. The van der Waals surface area contributed by atoms with Crippen LogP contribution in [0, 0.1) is 12.8 Å². The molecule has 2 aromatic rings. The minimum absolute atomic E-state index is 0.0157. The number of carbonyl (C=O) groups is 3. The third-order valence-corrected chi connectivity index (χ3v) is 9.17. The van der Waals surface area contributed by atoms with Gasteiger partial charge in [0.05, 0.1) is 16.3 Å². The number of hydrogen-bond acceptors (Lipinski definition) is 7. The van der Waals surface area contributed by atoms with Gasteiger partial charge < -0.3 is 25.6 Å². The number of carbonyl (C=O) groups excluding carboxylic acids is 3. The maximum atomic E-state index is 13.5. The first-order valence-electron chi connectivity index (χ1n) is 13.6. The average Bonchev–Trinajstić information content (AvgIpc) is 3.34. The number of benzene rings is 1. The lowest BCUT2D eigenvalue weighted by molar-refractivity contribution is -0.128. The molecular weight excluding hydrogens is 528 g/mol. The normalized spacial score (nSPS) is 25.7. The third-order valence-electron chi connectivity index (χ3n) is 7.81. The molecule has 3 N–H and O–H groups in total. The standard InChI is InChI=1S/C29H32N6O4S/c1-3-23(36)34-14-4-5-18(16-34)32-27(37)26-25-24-21(12-13-30-28(24)40-26)35(29(38)33-25)19-7-9-20(10-8-19)39-22-11-6-17(2)15-31-22/h3,6-11,15,18,21,24,28,30H,1,4-5,12-14,16H2,2H3,(H,32,37)(H,33,38)/t18-,21?,24?,28?/m1/s1. The first kappa shape index (κ1) is 26.4. The average molecular weight is 561 g/mol. The molecule has 3 saturated heterocycles. The lowest BCUT2D eigenvalue weighted by Crippen LogP contribution is -2.62. The Labute approximate surface area is 237 Å². The zero-order chi connectivity index (χ0) is 27.8. The number of amides is 4. The molecule has 40 heavy (non-hydrogen) atoms. The van der Waals surface area contributed by atoms with E-state index in [1.165, 1.54) is 17.8 Å². The van der Waals surface area contributed by atoms with Crippen LogP contribution in [0.2, 0.25) is 0 Å². The fraction of sp³-hybridized carbons (Fsp3) is 0.379. The second-order valence-corrected chi connectivity index (χ2v) is 11.6. The summed E-state index contributed by atoms with van der Waals surface area (Å²) in [6.45, 7) is 7.40. The van der Waals surface area contributed by atoms with Gasteiger partial charge in [-0.2, -0.15) is 0 Å². The Hall–Kier alpha value is -3.83. The predicted octanol–water partition coefficient (Wildman–Crippen LogP) is 3.27. The van der Waals surface area contributed by atoms with Crippen LogP contribution in [0.15, 0.2) is 65.9 Å². The van der Waals surface area contributed by atoms with Crippen LogP contribution in [0.5, 0.6) is 11.6 Å². The Morgan fingerprint density at radius 3 is 2.77 bits per heavy atom. The quantitative estimate of drug-likeness (QED) is 0.465. The minimum atomic E-state index is -0.251. The molecule has 4 aliphatic heterocycles. The molecular formula is C29H32N6O4S. The smallest absolute Gasteiger partial charge is 0.326 e. The molecule has 0 spiro atoms. The number of anilines is 1.